The van der Waals surface area contributed by atoms with Crippen molar-refractivity contribution in [2.45, 2.75) is 32.0 Å². The molecule has 1 saturated heterocycles. The molecule has 7 heteroatoms. The molecule has 5 rings (SSSR count). The topological polar surface area (TPSA) is 95.2 Å². The summed E-state index contributed by atoms with van der Waals surface area (Å²) >= 11 is 0. The van der Waals surface area contributed by atoms with Crippen molar-refractivity contribution in [1.82, 2.24) is 19.9 Å². The molecule has 3 aromatic rings. The molecule has 2 aliphatic rings. The van der Waals surface area contributed by atoms with E-state index in [4.69, 9.17) is 5.73 Å². The number of fused-ring (bicyclic) bond motifs is 2. The fourth-order valence-electron chi connectivity index (χ4n) is 3.91. The van der Waals surface area contributed by atoms with Crippen LogP contribution in [0.4, 0.5) is 11.5 Å². The maximum atomic E-state index is 6.04. The summed E-state index contributed by atoms with van der Waals surface area (Å²) in [6, 6.07) is 6.67. The summed E-state index contributed by atoms with van der Waals surface area (Å²) in [5.74, 6) is 0.833. The lowest BCUT2D eigenvalue weighted by molar-refractivity contribution is 0.206. The normalized spacial score (nSPS) is 17.5. The number of hydrogen-bond donors (Lipinski definition) is 3. The zero-order valence-corrected chi connectivity index (χ0v) is 15.2. The molecule has 2 aliphatic heterocycles. The van der Waals surface area contributed by atoms with Gasteiger partial charge in [-0.1, -0.05) is 6.07 Å². The Morgan fingerprint density at radius 3 is 3.00 bits per heavy atom. The smallest absolute Gasteiger partial charge is 0.143 e. The van der Waals surface area contributed by atoms with Crippen molar-refractivity contribution >= 4 is 28.8 Å². The Morgan fingerprint density at radius 2 is 2.11 bits per heavy atom. The average Bonchev–Trinajstić information content (AvgIpc) is 3.31. The largest absolute Gasteiger partial charge is 0.346 e. The third-order valence-electron chi connectivity index (χ3n) is 5.48. The van der Waals surface area contributed by atoms with Crippen LogP contribution in [-0.4, -0.2) is 45.2 Å². The van der Waals surface area contributed by atoms with Gasteiger partial charge in [0.05, 0.1) is 11.9 Å². The highest BCUT2D eigenvalue weighted by Gasteiger charge is 2.19. The first-order valence-corrected chi connectivity index (χ1v) is 9.45. The zero-order valence-electron chi connectivity index (χ0n) is 15.2. The number of likely N-dealkylation sites (tertiary alicyclic amines) is 1. The van der Waals surface area contributed by atoms with E-state index in [1.54, 1.807) is 6.33 Å². The van der Waals surface area contributed by atoms with Gasteiger partial charge >= 0.3 is 0 Å². The third kappa shape index (κ3) is 3.20. The second-order valence-corrected chi connectivity index (χ2v) is 7.38. The fraction of sp³-hybridized carbons (Fsp3) is 0.350. The Labute approximate surface area is 157 Å². The van der Waals surface area contributed by atoms with Crippen LogP contribution >= 0.6 is 0 Å². The van der Waals surface area contributed by atoms with Gasteiger partial charge in [-0.05, 0) is 54.8 Å². The Bertz CT molecular complexity index is 999. The summed E-state index contributed by atoms with van der Waals surface area (Å²) in [4.78, 5) is 19.0. The Balaban J connectivity index is 1.44. The van der Waals surface area contributed by atoms with E-state index in [2.05, 4.69) is 54.6 Å². The van der Waals surface area contributed by atoms with Crippen LogP contribution in [0.15, 0.2) is 35.7 Å². The van der Waals surface area contributed by atoms with Crippen molar-refractivity contribution in [2.75, 3.05) is 18.4 Å². The van der Waals surface area contributed by atoms with Crippen molar-refractivity contribution < 1.29 is 0 Å². The molecule has 0 bridgehead atoms. The van der Waals surface area contributed by atoms with Crippen LogP contribution < -0.4 is 11.1 Å². The number of nitrogens with one attached hydrogen (secondary N) is 2. The number of nitrogens with zero attached hydrogens (tertiary/aromatic N) is 4. The quantitative estimate of drug-likeness (QED) is 0.664. The van der Waals surface area contributed by atoms with E-state index in [0.717, 1.165) is 61.6 Å². The van der Waals surface area contributed by atoms with Crippen LogP contribution in [0.1, 0.15) is 29.5 Å². The average molecular weight is 361 g/mol. The summed E-state index contributed by atoms with van der Waals surface area (Å²) in [6.45, 7) is 3.73. The number of anilines is 2. The van der Waals surface area contributed by atoms with Crippen LogP contribution in [0.3, 0.4) is 0 Å². The molecule has 0 saturated carbocycles. The number of hydrogen-bond acceptors (Lipinski definition) is 6. The van der Waals surface area contributed by atoms with Crippen LogP contribution in [0.2, 0.25) is 0 Å². The zero-order chi connectivity index (χ0) is 18.2. The molecule has 0 unspecified atom stereocenters. The minimum atomic E-state index is 0.341. The summed E-state index contributed by atoms with van der Waals surface area (Å²) in [6.07, 6.45) is 7.69. The Kier molecular flexibility index (Phi) is 4.10. The van der Waals surface area contributed by atoms with E-state index >= 15 is 0 Å². The summed E-state index contributed by atoms with van der Waals surface area (Å²) in [7, 11) is 0. The molecule has 0 spiro atoms. The van der Waals surface area contributed by atoms with Gasteiger partial charge in [0.15, 0.2) is 0 Å². The maximum Gasteiger partial charge on any atom is 0.143 e. The van der Waals surface area contributed by atoms with Crippen LogP contribution in [-0.2, 0) is 13.1 Å². The number of aromatic nitrogens is 3. The highest BCUT2D eigenvalue weighted by Crippen LogP contribution is 2.29. The number of rotatable bonds is 4. The molecular weight excluding hydrogens is 338 g/mol. The molecule has 7 nitrogen and oxygen atoms in total. The molecule has 4 N–H and O–H groups in total. The van der Waals surface area contributed by atoms with Crippen LogP contribution in [0, 0.1) is 0 Å². The monoisotopic (exact) mass is 361 g/mol. The lowest BCUT2D eigenvalue weighted by Gasteiger charge is -2.29. The number of aliphatic imine (C=N–C) groups is 1. The first-order valence-electron chi connectivity index (χ1n) is 9.45. The number of aromatic amines is 1. The first-order chi connectivity index (χ1) is 13.3. The minimum Gasteiger partial charge on any atom is -0.346 e. The second kappa shape index (κ2) is 6.75. The van der Waals surface area contributed by atoms with Gasteiger partial charge in [-0.15, -0.1) is 0 Å². The lowest BCUT2D eigenvalue weighted by atomic mass is 10.1. The number of piperidine rings is 1. The molecule has 0 radical (unpaired) electrons. The molecule has 27 heavy (non-hydrogen) atoms. The highest BCUT2D eigenvalue weighted by atomic mass is 15.1. The molecular formula is C20H23N7. The van der Waals surface area contributed by atoms with Gasteiger partial charge in [0.25, 0.3) is 0 Å². The van der Waals surface area contributed by atoms with Crippen LogP contribution in [0.25, 0.3) is 11.0 Å². The summed E-state index contributed by atoms with van der Waals surface area (Å²) < 4.78 is 0. The SMILES string of the molecule is NC1CCN(Cc2c[nH]c3ncnc(Nc4ccc5c(c4)C=NC5)c23)CC1. The predicted molar refractivity (Wildman–Crippen MR) is 107 cm³/mol. The van der Waals surface area contributed by atoms with E-state index in [1.165, 1.54) is 16.7 Å². The predicted octanol–water partition coefficient (Wildman–Crippen LogP) is 2.56. The standard InChI is InChI=1S/C20H23N7/c21-16-3-5-27(6-4-16)11-15-10-23-19-18(15)20(25-12-24-19)26-17-2-1-13-8-22-9-14(13)7-17/h1-2,7,9-10,12,16H,3-6,8,11,21H2,(H2,23,24,25,26). The molecule has 2 aromatic heterocycles. The van der Waals surface area contributed by atoms with Gasteiger partial charge in [0.1, 0.15) is 17.8 Å². The number of nitrogens with two attached hydrogens (primary N) is 1. The number of benzene rings is 1. The van der Waals surface area contributed by atoms with Crippen molar-refractivity contribution in [3.8, 4) is 0 Å². The Hall–Kier alpha value is -2.77. The molecule has 0 amide bonds. The lowest BCUT2D eigenvalue weighted by Crippen LogP contribution is -2.39. The number of H-pyrrole nitrogens is 1. The molecule has 1 aromatic carbocycles. The molecule has 0 atom stereocenters. The maximum absolute atomic E-state index is 6.04. The minimum absolute atomic E-state index is 0.341. The van der Waals surface area contributed by atoms with E-state index in [9.17, 15) is 0 Å². The van der Waals surface area contributed by atoms with Crippen molar-refractivity contribution in [3.05, 3.63) is 47.4 Å². The molecule has 1 fully saturated rings. The molecule has 0 aliphatic carbocycles. The molecule has 4 heterocycles. The van der Waals surface area contributed by atoms with E-state index < -0.39 is 0 Å². The Morgan fingerprint density at radius 1 is 1.22 bits per heavy atom. The molecule has 138 valence electrons. The van der Waals surface area contributed by atoms with Gasteiger partial charge in [0, 0.05) is 30.7 Å². The van der Waals surface area contributed by atoms with Gasteiger partial charge in [-0.2, -0.15) is 0 Å². The fourth-order valence-corrected chi connectivity index (χ4v) is 3.91. The van der Waals surface area contributed by atoms with E-state index in [-0.39, 0.29) is 0 Å². The highest BCUT2D eigenvalue weighted by molar-refractivity contribution is 5.93. The van der Waals surface area contributed by atoms with Gasteiger partial charge in [0.2, 0.25) is 0 Å². The van der Waals surface area contributed by atoms with E-state index in [0.29, 0.717) is 6.04 Å². The first kappa shape index (κ1) is 16.4. The summed E-state index contributed by atoms with van der Waals surface area (Å²) in [5, 5.41) is 4.53. The van der Waals surface area contributed by atoms with Crippen molar-refractivity contribution in [3.63, 3.8) is 0 Å². The third-order valence-corrected chi connectivity index (χ3v) is 5.48. The van der Waals surface area contributed by atoms with Gasteiger partial charge < -0.3 is 16.0 Å². The van der Waals surface area contributed by atoms with E-state index in [1.807, 2.05) is 6.21 Å². The van der Waals surface area contributed by atoms with Crippen molar-refractivity contribution in [2.24, 2.45) is 10.7 Å². The van der Waals surface area contributed by atoms with Gasteiger partial charge in [-0.25, -0.2) is 9.97 Å². The summed E-state index contributed by atoms with van der Waals surface area (Å²) in [5.41, 5.74) is 11.6. The van der Waals surface area contributed by atoms with Crippen LogP contribution in [0.5, 0.6) is 0 Å². The van der Waals surface area contributed by atoms with Crippen molar-refractivity contribution in [1.29, 1.82) is 0 Å². The van der Waals surface area contributed by atoms with Gasteiger partial charge in [-0.3, -0.25) is 9.89 Å². The second-order valence-electron chi connectivity index (χ2n) is 7.38.